The molecule has 1 fully saturated rings. The summed E-state index contributed by atoms with van der Waals surface area (Å²) in [4.78, 5) is 28.4. The smallest absolute Gasteiger partial charge is 0.295 e. The number of ether oxygens (including phenoxy) is 1. The number of likely N-dealkylation sites (tertiary alicyclic amines) is 1. The largest absolute Gasteiger partial charge is 0.507 e. The maximum atomic E-state index is 12.9. The van der Waals surface area contributed by atoms with Crippen LogP contribution in [-0.4, -0.2) is 55.5 Å². The van der Waals surface area contributed by atoms with Gasteiger partial charge >= 0.3 is 0 Å². The topological polar surface area (TPSA) is 71.3 Å². The Balaban J connectivity index is 2.09. The van der Waals surface area contributed by atoms with Crippen LogP contribution in [0.3, 0.4) is 0 Å². The fourth-order valence-corrected chi connectivity index (χ4v) is 3.47. The highest BCUT2D eigenvalue weighted by Gasteiger charge is 2.46. The Kier molecular flexibility index (Phi) is 6.34. The molecule has 0 saturated carbocycles. The van der Waals surface area contributed by atoms with Crippen molar-refractivity contribution in [1.82, 2.24) is 4.90 Å². The van der Waals surface area contributed by atoms with Crippen molar-refractivity contribution >= 4 is 17.4 Å². The molecule has 2 aromatic rings. The molecular formula is C23H27N2O4+. The average molecular weight is 395 g/mol. The first-order chi connectivity index (χ1) is 13.9. The normalized spacial score (nSPS) is 18.5. The first-order valence-electron chi connectivity index (χ1n) is 9.79. The van der Waals surface area contributed by atoms with Gasteiger partial charge in [-0.25, -0.2) is 0 Å². The van der Waals surface area contributed by atoms with Gasteiger partial charge in [0.1, 0.15) is 11.5 Å². The molecule has 0 radical (unpaired) electrons. The third kappa shape index (κ3) is 4.32. The van der Waals surface area contributed by atoms with Gasteiger partial charge < -0.3 is 19.6 Å². The Morgan fingerprint density at radius 1 is 1.07 bits per heavy atom. The molecule has 6 nitrogen and oxygen atoms in total. The molecule has 0 aliphatic carbocycles. The standard InChI is InChI=1S/C23H26N2O4/c1-4-29-18-12-10-16(11-13-18)20-19(21(26)17-8-6-5-7-9-17)22(27)23(28)25(20)15-14-24(2)3/h5-13,20,26H,4,14-15H2,1-3H3/p+1/t20-/m0/s1. The third-order valence-electron chi connectivity index (χ3n) is 4.95. The maximum Gasteiger partial charge on any atom is 0.295 e. The van der Waals surface area contributed by atoms with E-state index in [2.05, 4.69) is 0 Å². The molecule has 1 aliphatic rings. The van der Waals surface area contributed by atoms with Crippen LogP contribution < -0.4 is 9.64 Å². The molecular weight excluding hydrogens is 368 g/mol. The highest BCUT2D eigenvalue weighted by Crippen LogP contribution is 2.39. The van der Waals surface area contributed by atoms with Gasteiger partial charge in [0.25, 0.3) is 11.7 Å². The lowest BCUT2D eigenvalue weighted by Gasteiger charge is -2.25. The number of ketones is 1. The molecule has 2 aromatic carbocycles. The predicted molar refractivity (Wildman–Crippen MR) is 111 cm³/mol. The van der Waals surface area contributed by atoms with E-state index in [0.29, 0.717) is 31.0 Å². The van der Waals surface area contributed by atoms with E-state index in [1.165, 1.54) is 4.90 Å². The van der Waals surface area contributed by atoms with Gasteiger partial charge in [0.05, 0.1) is 45.4 Å². The summed E-state index contributed by atoms with van der Waals surface area (Å²) < 4.78 is 5.50. The molecule has 0 unspecified atom stereocenters. The number of Topliss-reactive ketones (excluding diaryl/α,β-unsaturated/α-hetero) is 1. The van der Waals surface area contributed by atoms with Gasteiger partial charge in [0.15, 0.2) is 0 Å². The summed E-state index contributed by atoms with van der Waals surface area (Å²) in [7, 11) is 3.99. The quantitative estimate of drug-likeness (QED) is 0.425. The van der Waals surface area contributed by atoms with Crippen LogP contribution in [0.25, 0.3) is 5.76 Å². The van der Waals surface area contributed by atoms with Gasteiger partial charge in [-0.15, -0.1) is 0 Å². The number of carbonyl (C=O) groups excluding carboxylic acids is 2. The van der Waals surface area contributed by atoms with Crippen LogP contribution in [0.4, 0.5) is 0 Å². The molecule has 1 atom stereocenters. The van der Waals surface area contributed by atoms with Crippen molar-refractivity contribution in [3.8, 4) is 5.75 Å². The maximum absolute atomic E-state index is 12.9. The van der Waals surface area contributed by atoms with E-state index >= 15 is 0 Å². The number of aliphatic hydroxyl groups is 1. The summed E-state index contributed by atoms with van der Waals surface area (Å²) in [6.45, 7) is 3.56. The monoisotopic (exact) mass is 395 g/mol. The van der Waals surface area contributed by atoms with Crippen LogP contribution in [0, 0.1) is 0 Å². The molecule has 1 aliphatic heterocycles. The second-order valence-electron chi connectivity index (χ2n) is 7.32. The summed E-state index contributed by atoms with van der Waals surface area (Å²) in [5.41, 5.74) is 1.40. The minimum Gasteiger partial charge on any atom is -0.507 e. The number of amides is 1. The lowest BCUT2D eigenvalue weighted by molar-refractivity contribution is -0.857. The summed E-state index contributed by atoms with van der Waals surface area (Å²) in [5.74, 6) is -0.668. The molecule has 1 saturated heterocycles. The van der Waals surface area contributed by atoms with E-state index < -0.39 is 17.7 Å². The Labute approximate surface area is 171 Å². The highest BCUT2D eigenvalue weighted by molar-refractivity contribution is 6.46. The lowest BCUT2D eigenvalue weighted by Crippen LogP contribution is -3.06. The van der Waals surface area contributed by atoms with E-state index in [9.17, 15) is 14.7 Å². The molecule has 0 bridgehead atoms. The number of likely N-dealkylation sites (N-methyl/N-ethyl adjacent to an activating group) is 1. The van der Waals surface area contributed by atoms with Crippen LogP contribution in [0.15, 0.2) is 60.2 Å². The Bertz CT molecular complexity index is 904. The summed E-state index contributed by atoms with van der Waals surface area (Å²) >= 11 is 0. The molecule has 2 N–H and O–H groups in total. The van der Waals surface area contributed by atoms with Crippen LogP contribution in [0.2, 0.25) is 0 Å². The number of carbonyl (C=O) groups is 2. The van der Waals surface area contributed by atoms with E-state index in [0.717, 1.165) is 5.56 Å². The number of rotatable bonds is 7. The van der Waals surface area contributed by atoms with Gasteiger partial charge in [-0.05, 0) is 24.6 Å². The van der Waals surface area contributed by atoms with Crippen LogP contribution in [0.5, 0.6) is 5.75 Å². The molecule has 6 heteroatoms. The SMILES string of the molecule is CCOc1ccc([C@H]2C(=C(O)c3ccccc3)C(=O)C(=O)N2CC[NH+](C)C)cc1. The number of nitrogens with one attached hydrogen (secondary N) is 1. The molecule has 3 rings (SSSR count). The molecule has 0 aromatic heterocycles. The predicted octanol–water partition coefficient (Wildman–Crippen LogP) is 1.65. The summed E-state index contributed by atoms with van der Waals surface area (Å²) in [6.07, 6.45) is 0. The summed E-state index contributed by atoms with van der Waals surface area (Å²) in [5, 5.41) is 10.9. The fraction of sp³-hybridized carbons (Fsp3) is 0.304. The van der Waals surface area contributed by atoms with Crippen molar-refractivity contribution in [2.45, 2.75) is 13.0 Å². The lowest BCUT2D eigenvalue weighted by atomic mass is 9.95. The molecule has 29 heavy (non-hydrogen) atoms. The molecule has 0 spiro atoms. The Morgan fingerprint density at radius 2 is 1.72 bits per heavy atom. The van der Waals surface area contributed by atoms with Crippen molar-refractivity contribution in [2.24, 2.45) is 0 Å². The van der Waals surface area contributed by atoms with Gasteiger partial charge in [-0.1, -0.05) is 42.5 Å². The van der Waals surface area contributed by atoms with Crippen molar-refractivity contribution in [2.75, 3.05) is 33.8 Å². The third-order valence-corrected chi connectivity index (χ3v) is 4.95. The fourth-order valence-electron chi connectivity index (χ4n) is 3.47. The van der Waals surface area contributed by atoms with Crippen LogP contribution >= 0.6 is 0 Å². The first-order valence-corrected chi connectivity index (χ1v) is 9.79. The highest BCUT2D eigenvalue weighted by atomic mass is 16.5. The number of aliphatic hydroxyl groups excluding tert-OH is 1. The van der Waals surface area contributed by atoms with Crippen molar-refractivity contribution in [3.63, 3.8) is 0 Å². The zero-order chi connectivity index (χ0) is 21.0. The zero-order valence-corrected chi connectivity index (χ0v) is 17.0. The van der Waals surface area contributed by atoms with Crippen molar-refractivity contribution < 1.29 is 24.3 Å². The van der Waals surface area contributed by atoms with Crippen molar-refractivity contribution in [3.05, 3.63) is 71.3 Å². The van der Waals surface area contributed by atoms with E-state index in [1.807, 2.05) is 51.4 Å². The number of nitrogens with zero attached hydrogens (tertiary/aromatic N) is 1. The van der Waals surface area contributed by atoms with Crippen LogP contribution in [-0.2, 0) is 9.59 Å². The molecule has 1 heterocycles. The van der Waals surface area contributed by atoms with Crippen molar-refractivity contribution in [1.29, 1.82) is 0 Å². The number of hydrogen-bond acceptors (Lipinski definition) is 4. The number of quaternary nitrogens is 1. The van der Waals surface area contributed by atoms with Gasteiger partial charge in [-0.2, -0.15) is 0 Å². The molecule has 1 amide bonds. The van der Waals surface area contributed by atoms with Crippen LogP contribution in [0.1, 0.15) is 24.1 Å². The first kappa shape index (κ1) is 20.6. The Hall–Kier alpha value is -3.12. The second-order valence-corrected chi connectivity index (χ2v) is 7.32. The van der Waals surface area contributed by atoms with E-state index in [-0.39, 0.29) is 11.3 Å². The summed E-state index contributed by atoms with van der Waals surface area (Å²) in [6, 6.07) is 15.5. The average Bonchev–Trinajstić information content (AvgIpc) is 2.98. The zero-order valence-electron chi connectivity index (χ0n) is 17.0. The van der Waals surface area contributed by atoms with Gasteiger partial charge in [0, 0.05) is 5.56 Å². The number of benzene rings is 2. The van der Waals surface area contributed by atoms with E-state index in [4.69, 9.17) is 4.74 Å². The minimum atomic E-state index is -0.654. The second kappa shape index (κ2) is 8.92. The minimum absolute atomic E-state index is 0.124. The van der Waals surface area contributed by atoms with E-state index in [1.54, 1.807) is 29.2 Å². The Morgan fingerprint density at radius 3 is 2.31 bits per heavy atom. The molecule has 152 valence electrons. The van der Waals surface area contributed by atoms with Gasteiger partial charge in [0.2, 0.25) is 0 Å². The number of hydrogen-bond donors (Lipinski definition) is 2. The van der Waals surface area contributed by atoms with Gasteiger partial charge in [-0.3, -0.25) is 9.59 Å².